The molecule has 0 bridgehead atoms. The number of halogens is 3. The Hall–Kier alpha value is 0.620. The van der Waals surface area contributed by atoms with Crippen LogP contribution in [0.5, 0.6) is 0 Å². The monoisotopic (exact) mass is 336 g/mol. The first kappa shape index (κ1) is 9.19. The van der Waals surface area contributed by atoms with Crippen molar-refractivity contribution in [1.82, 2.24) is 0 Å². The van der Waals surface area contributed by atoms with Crippen molar-refractivity contribution in [1.29, 1.82) is 0 Å². The summed E-state index contributed by atoms with van der Waals surface area (Å²) in [6, 6.07) is 7.79. The molecule has 1 aliphatic rings. The van der Waals surface area contributed by atoms with E-state index in [-0.39, 0.29) is 0 Å². The van der Waals surface area contributed by atoms with Crippen molar-refractivity contribution < 1.29 is 0 Å². The average molecular weight is 335 g/mol. The number of hydrogen-bond acceptors (Lipinski definition) is 0. The molecule has 2 rings (SSSR count). The maximum atomic E-state index is 6.19. The Morgan fingerprint density at radius 2 is 1.75 bits per heavy atom. The Balaban J connectivity index is 2.68. The van der Waals surface area contributed by atoms with Crippen molar-refractivity contribution in [2.45, 2.75) is 0 Å². The van der Waals surface area contributed by atoms with E-state index in [0.29, 0.717) is 5.03 Å². The predicted octanol–water partition coefficient (Wildman–Crippen LogP) is 2.95. The molecule has 1 heterocycles. The van der Waals surface area contributed by atoms with E-state index in [1.54, 1.807) is 0 Å². The second kappa shape index (κ2) is 3.08. The standard InChI is InChI=1S/C8H5Cl3Te/c9-7-5-12(10,11)8-4-2-1-3-6(7)8/h1-5H. The SMILES string of the molecule is ClC1=C[Te](Cl)(Cl)c2ccccc21. The number of hydrogen-bond donors (Lipinski definition) is 0. The summed E-state index contributed by atoms with van der Waals surface area (Å²) in [4.78, 5) is 0. The van der Waals surface area contributed by atoms with Gasteiger partial charge in [0.2, 0.25) is 0 Å². The normalized spacial score (nSPS) is 21.4. The van der Waals surface area contributed by atoms with Gasteiger partial charge in [-0.15, -0.1) is 0 Å². The first-order valence-electron chi connectivity index (χ1n) is 3.30. The van der Waals surface area contributed by atoms with Crippen LogP contribution >= 0.6 is 29.5 Å². The Labute approximate surface area is 87.4 Å². The van der Waals surface area contributed by atoms with E-state index in [0.717, 1.165) is 9.17 Å². The van der Waals surface area contributed by atoms with Crippen molar-refractivity contribution in [3.63, 3.8) is 0 Å². The summed E-state index contributed by atoms with van der Waals surface area (Å²) in [6.07, 6.45) is 0. The van der Waals surface area contributed by atoms with E-state index in [1.165, 1.54) is 0 Å². The summed E-state index contributed by atoms with van der Waals surface area (Å²) in [6.45, 7) is 0. The third kappa shape index (κ3) is 1.39. The molecule has 64 valence electrons. The van der Waals surface area contributed by atoms with Gasteiger partial charge < -0.3 is 0 Å². The van der Waals surface area contributed by atoms with Crippen molar-refractivity contribution in [3.05, 3.63) is 34.0 Å². The zero-order valence-corrected chi connectivity index (χ0v) is 10.5. The minimum atomic E-state index is -2.90. The summed E-state index contributed by atoms with van der Waals surface area (Å²) in [5.74, 6) is 0. The molecule has 0 saturated carbocycles. The van der Waals surface area contributed by atoms with Gasteiger partial charge >= 0.3 is 88.1 Å². The molecule has 0 fully saturated rings. The van der Waals surface area contributed by atoms with E-state index in [1.807, 2.05) is 28.4 Å². The Morgan fingerprint density at radius 3 is 2.42 bits per heavy atom. The Kier molecular flexibility index (Phi) is 2.36. The molecule has 0 radical (unpaired) electrons. The van der Waals surface area contributed by atoms with Crippen LogP contribution in [0, 0.1) is 0 Å². The molecule has 0 amide bonds. The van der Waals surface area contributed by atoms with Crippen LogP contribution in [-0.2, 0) is 0 Å². The Morgan fingerprint density at radius 1 is 1.08 bits per heavy atom. The van der Waals surface area contributed by atoms with Crippen LogP contribution < -0.4 is 3.61 Å². The molecule has 0 spiro atoms. The second-order valence-corrected chi connectivity index (χ2v) is 15.3. The van der Waals surface area contributed by atoms with Crippen LogP contribution in [0.4, 0.5) is 0 Å². The molecule has 4 heteroatoms. The van der Waals surface area contributed by atoms with Gasteiger partial charge in [-0.1, -0.05) is 0 Å². The van der Waals surface area contributed by atoms with Crippen LogP contribution in [0.15, 0.2) is 28.4 Å². The van der Waals surface area contributed by atoms with Crippen molar-refractivity contribution >= 4 is 54.1 Å². The van der Waals surface area contributed by atoms with Gasteiger partial charge in [0.25, 0.3) is 0 Å². The number of rotatable bonds is 0. The van der Waals surface area contributed by atoms with Gasteiger partial charge in [0, 0.05) is 0 Å². The fraction of sp³-hybridized carbons (Fsp3) is 0. The average Bonchev–Trinajstić information content (AvgIpc) is 2.25. The van der Waals surface area contributed by atoms with Crippen LogP contribution in [0.3, 0.4) is 0 Å². The molecule has 0 unspecified atom stereocenters. The van der Waals surface area contributed by atoms with E-state index in [4.69, 9.17) is 29.5 Å². The van der Waals surface area contributed by atoms with Crippen LogP contribution in [-0.4, -0.2) is 15.9 Å². The fourth-order valence-electron chi connectivity index (χ4n) is 1.16. The maximum absolute atomic E-state index is 6.19. The molecule has 0 N–H and O–H groups in total. The van der Waals surface area contributed by atoms with Gasteiger partial charge in [-0.05, 0) is 0 Å². The van der Waals surface area contributed by atoms with Gasteiger partial charge in [0.1, 0.15) is 0 Å². The summed E-state index contributed by atoms with van der Waals surface area (Å²) >= 11 is 3.07. The number of fused-ring (bicyclic) bond motifs is 1. The van der Waals surface area contributed by atoms with Crippen molar-refractivity contribution in [2.24, 2.45) is 0 Å². The summed E-state index contributed by atoms with van der Waals surface area (Å²) in [5, 5.41) is 0.705. The molecular weight excluding hydrogens is 330 g/mol. The third-order valence-electron chi connectivity index (χ3n) is 1.69. The first-order chi connectivity index (χ1) is 5.61. The first-order valence-corrected chi connectivity index (χ1v) is 12.1. The van der Waals surface area contributed by atoms with E-state index >= 15 is 0 Å². The van der Waals surface area contributed by atoms with Crippen LogP contribution in [0.2, 0.25) is 0 Å². The number of benzene rings is 1. The van der Waals surface area contributed by atoms with Crippen LogP contribution in [0.25, 0.3) is 5.03 Å². The molecule has 0 saturated heterocycles. The topological polar surface area (TPSA) is 0 Å². The summed E-state index contributed by atoms with van der Waals surface area (Å²) in [7, 11) is 12.4. The molecule has 1 aromatic rings. The Bertz CT molecular complexity index is 357. The molecule has 0 nitrogen and oxygen atoms in total. The third-order valence-corrected chi connectivity index (χ3v) is 10.0. The minimum absolute atomic E-state index is 0.705. The zero-order chi connectivity index (χ0) is 8.77. The fourth-order valence-corrected chi connectivity index (χ4v) is 9.56. The van der Waals surface area contributed by atoms with E-state index in [9.17, 15) is 0 Å². The molecule has 1 aliphatic heterocycles. The zero-order valence-electron chi connectivity index (χ0n) is 5.93. The molecule has 1 aromatic carbocycles. The van der Waals surface area contributed by atoms with E-state index < -0.39 is 15.9 Å². The van der Waals surface area contributed by atoms with Gasteiger partial charge in [-0.2, -0.15) is 0 Å². The molecule has 0 aliphatic carbocycles. The van der Waals surface area contributed by atoms with Crippen molar-refractivity contribution in [3.8, 4) is 0 Å². The summed E-state index contributed by atoms with van der Waals surface area (Å²) < 4.78 is 2.88. The second-order valence-electron chi connectivity index (χ2n) is 2.47. The van der Waals surface area contributed by atoms with Gasteiger partial charge in [0.05, 0.1) is 0 Å². The van der Waals surface area contributed by atoms with Gasteiger partial charge in [-0.3, -0.25) is 0 Å². The molecule has 0 atom stereocenters. The molecule has 0 aromatic heterocycles. The van der Waals surface area contributed by atoms with E-state index in [2.05, 4.69) is 0 Å². The van der Waals surface area contributed by atoms with Gasteiger partial charge in [0.15, 0.2) is 0 Å². The molecule has 12 heavy (non-hydrogen) atoms. The predicted molar refractivity (Wildman–Crippen MR) is 57.4 cm³/mol. The molecular formula is C8H5Cl3Te. The summed E-state index contributed by atoms with van der Waals surface area (Å²) in [5.41, 5.74) is 1.00. The van der Waals surface area contributed by atoms with Crippen molar-refractivity contribution in [2.75, 3.05) is 0 Å². The quantitative estimate of drug-likeness (QED) is 0.640. The van der Waals surface area contributed by atoms with Crippen LogP contribution in [0.1, 0.15) is 5.56 Å². The van der Waals surface area contributed by atoms with Gasteiger partial charge in [-0.25, -0.2) is 0 Å².